The summed E-state index contributed by atoms with van der Waals surface area (Å²) in [6.45, 7) is 0. The van der Waals surface area contributed by atoms with Crippen molar-refractivity contribution in [1.82, 2.24) is 0 Å². The van der Waals surface area contributed by atoms with Crippen molar-refractivity contribution >= 4 is 231 Å². The molecule has 72 heavy (non-hydrogen) atoms. The predicted molar refractivity (Wildman–Crippen MR) is 265 cm³/mol. The first-order valence-electron chi connectivity index (χ1n) is 18.6. The van der Waals surface area contributed by atoms with Crippen molar-refractivity contribution < 1.29 is 66.5 Å². The Bertz CT molecular complexity index is 3830. The predicted octanol–water partition coefficient (Wildman–Crippen LogP) is 8.42. The number of azo groups is 4. The normalized spacial score (nSPS) is 12.2. The summed E-state index contributed by atoms with van der Waals surface area (Å²) in [5, 5.41) is 44.1. The van der Waals surface area contributed by atoms with Gasteiger partial charge >= 0.3 is 0 Å². The molecule has 0 bridgehead atoms. The van der Waals surface area contributed by atoms with Crippen LogP contribution < -0.4 is 15.2 Å². The molecule has 0 fully saturated rings. The number of phenols is 1. The number of hydrogen-bond donors (Lipinski definition) is 6. The van der Waals surface area contributed by atoms with Gasteiger partial charge in [0.15, 0.2) is 5.75 Å². The number of nitrogens with two attached hydrogens (primary N) is 1. The molecule has 0 saturated carbocycles. The molecule has 0 amide bonds. The molecular formula is C40H31N9Na4O15S4. The van der Waals surface area contributed by atoms with Gasteiger partial charge in [-0.15, -0.1) is 35.8 Å². The van der Waals surface area contributed by atoms with Gasteiger partial charge in [-0.3, -0.25) is 18.2 Å². The zero-order chi connectivity index (χ0) is 49.3. The second kappa shape index (κ2) is 25.2. The van der Waals surface area contributed by atoms with E-state index in [1.165, 1.54) is 87.0 Å². The van der Waals surface area contributed by atoms with E-state index in [-0.39, 0.29) is 197 Å². The molecule has 0 atom stereocenters. The number of fused-ring (bicyclic) bond motifs is 2. The molecule has 0 aliphatic carbocycles. The third-order valence-electron chi connectivity index (χ3n) is 9.55. The van der Waals surface area contributed by atoms with E-state index in [1.807, 2.05) is 0 Å². The molecule has 0 aliphatic heterocycles. The Kier molecular flexibility index (Phi) is 21.9. The summed E-state index contributed by atoms with van der Waals surface area (Å²) in [5.41, 5.74) is 4.83. The van der Waals surface area contributed by atoms with E-state index >= 15 is 0 Å². The van der Waals surface area contributed by atoms with Crippen molar-refractivity contribution in [1.29, 1.82) is 0 Å². The second-order valence-corrected chi connectivity index (χ2v) is 19.5. The molecule has 0 heterocycles. The number of nitrogens with zero attached hydrogens (tertiary/aromatic N) is 8. The molecule has 0 aromatic heterocycles. The van der Waals surface area contributed by atoms with Crippen LogP contribution in [-0.2, 0) is 40.5 Å². The fraction of sp³-hybridized carbons (Fsp3) is 0.0500. The van der Waals surface area contributed by atoms with Gasteiger partial charge in [-0.1, -0.05) is 24.3 Å². The Balaban J connectivity index is 0.00000342. The van der Waals surface area contributed by atoms with Crippen LogP contribution in [0.4, 0.5) is 51.2 Å². The maximum atomic E-state index is 12.8. The van der Waals surface area contributed by atoms with Gasteiger partial charge in [-0.05, 0) is 72.8 Å². The molecule has 0 spiro atoms. The number of benzene rings is 7. The molecule has 7 aromatic carbocycles. The van der Waals surface area contributed by atoms with Gasteiger partial charge in [0.2, 0.25) is 0 Å². The van der Waals surface area contributed by atoms with Crippen molar-refractivity contribution in [2.45, 2.75) is 19.6 Å². The second-order valence-electron chi connectivity index (χ2n) is 13.8. The molecule has 4 radical (unpaired) electrons. The Morgan fingerprint density at radius 2 is 0.917 bits per heavy atom. The molecule has 7 N–H and O–H groups in total. The molecule has 7 aromatic rings. The van der Waals surface area contributed by atoms with Crippen LogP contribution in [0.5, 0.6) is 17.2 Å². The molecule has 0 unspecified atom stereocenters. The number of aromatic hydroxyl groups is 1. The minimum atomic E-state index is -5.19. The van der Waals surface area contributed by atoms with Crippen molar-refractivity contribution in [2.24, 2.45) is 40.9 Å². The number of ether oxygens (including phenoxy) is 2. The number of phenolic OH excluding ortho intramolecular Hbond substituents is 1. The van der Waals surface area contributed by atoms with Crippen LogP contribution in [0.2, 0.25) is 0 Å². The van der Waals surface area contributed by atoms with Crippen molar-refractivity contribution in [3.63, 3.8) is 0 Å². The van der Waals surface area contributed by atoms with Gasteiger partial charge < -0.3 is 20.3 Å². The van der Waals surface area contributed by atoms with Crippen LogP contribution in [0.25, 0.3) is 21.5 Å². The first-order chi connectivity index (χ1) is 32.0. The number of nitrogen functional groups attached to an aromatic ring is 1. The fourth-order valence-electron chi connectivity index (χ4n) is 6.37. The van der Waals surface area contributed by atoms with Gasteiger partial charge in [0.1, 0.15) is 49.7 Å². The van der Waals surface area contributed by atoms with Crippen molar-refractivity contribution in [3.05, 3.63) is 109 Å². The number of anilines is 1. The molecule has 0 saturated heterocycles. The molecular weight excluding hydrogens is 1070 g/mol. The van der Waals surface area contributed by atoms with Gasteiger partial charge in [-0.25, -0.2) is 0 Å². The van der Waals surface area contributed by atoms with Crippen LogP contribution in [0.1, 0.15) is 0 Å². The number of rotatable bonds is 14. The summed E-state index contributed by atoms with van der Waals surface area (Å²) in [6.07, 6.45) is 0. The first kappa shape index (κ1) is 62.6. The Labute approximate surface area is 498 Å². The third kappa shape index (κ3) is 14.4. The summed E-state index contributed by atoms with van der Waals surface area (Å²) >= 11 is 0. The van der Waals surface area contributed by atoms with E-state index in [4.69, 9.17) is 15.2 Å². The summed E-state index contributed by atoms with van der Waals surface area (Å²) in [6, 6.07) is 22.2. The van der Waals surface area contributed by atoms with Gasteiger partial charge in [0, 0.05) is 152 Å². The van der Waals surface area contributed by atoms with Gasteiger partial charge in [-0.2, -0.15) is 38.8 Å². The van der Waals surface area contributed by atoms with E-state index in [1.54, 1.807) is 0 Å². The zero-order valence-corrected chi connectivity index (χ0v) is 49.8. The summed E-state index contributed by atoms with van der Waals surface area (Å²) < 4.78 is 147. The summed E-state index contributed by atoms with van der Waals surface area (Å²) in [7, 11) is -16.7. The van der Waals surface area contributed by atoms with E-state index in [0.29, 0.717) is 0 Å². The topological polar surface area (TPSA) is 381 Å². The largest absolute Gasteiger partial charge is 0.505 e. The Morgan fingerprint density at radius 1 is 0.417 bits per heavy atom. The molecule has 0 aliphatic rings. The quantitative estimate of drug-likeness (QED) is 0.0257. The van der Waals surface area contributed by atoms with Gasteiger partial charge in [0.25, 0.3) is 40.5 Å². The molecule has 7 rings (SSSR count). The van der Waals surface area contributed by atoms with E-state index in [2.05, 4.69) is 40.9 Å². The fourth-order valence-corrected chi connectivity index (χ4v) is 8.67. The molecule has 354 valence electrons. The Hall–Kier alpha value is -3.70. The van der Waals surface area contributed by atoms with Crippen molar-refractivity contribution in [3.8, 4) is 17.2 Å². The maximum absolute atomic E-state index is 12.8. The minimum Gasteiger partial charge on any atom is -0.505 e. The minimum absolute atomic E-state index is 0. The smallest absolute Gasteiger partial charge is 0.296 e. The van der Waals surface area contributed by atoms with Crippen LogP contribution in [-0.4, -0.2) is 189 Å². The monoisotopic (exact) mass is 1100 g/mol. The third-order valence-corrected chi connectivity index (χ3v) is 13.0. The van der Waals surface area contributed by atoms with E-state index in [0.717, 1.165) is 36.4 Å². The Morgan fingerprint density at radius 3 is 1.49 bits per heavy atom. The van der Waals surface area contributed by atoms with Crippen molar-refractivity contribution in [2.75, 3.05) is 20.0 Å². The van der Waals surface area contributed by atoms with E-state index < -0.39 is 71.5 Å². The summed E-state index contributed by atoms with van der Waals surface area (Å²) in [4.78, 5) is -2.47. The SMILES string of the molecule is COc1cc(N=Nc2ccc(N=Nc3ccccc3S(=O)(=O)O)c3ccc(S(=O)(=O)O)cc23)c(OC)cc1N=Nc1c(S(=O)(=O)O)cc2c(N=Nc3cccc(S(=O)(=O)O)c3)c(N)ccc2c1O.[Na].[Na].[Na].[Na]. The zero-order valence-electron chi connectivity index (χ0n) is 38.5. The van der Waals surface area contributed by atoms with Crippen LogP contribution in [0.3, 0.4) is 0 Å². The molecule has 24 nitrogen and oxygen atoms in total. The average molecular weight is 1100 g/mol. The van der Waals surface area contributed by atoms with Gasteiger partial charge in [0.05, 0.1) is 46.8 Å². The standard InChI is InChI=1S/C40H31N9O15S4.4Na/c1-63-34-20-33(47-49-39-37(68(60,61)62)18-27-25(40(39)50)12-13-28(41)38(27)48-42-21-6-5-7-22(16-21)65(51,52)53)35(64-2)19-32(34)46-44-30-15-14-29(24-11-10-23(17-26(24)30)66(54,55)56)43-45-31-8-3-4-9-36(31)67(57,58)59;;;;/h3-20,50H,41H2,1-2H3,(H,51,52,53)(H,54,55,56)(H,57,58,59)(H,60,61,62);;;;. The van der Waals surface area contributed by atoms with Crippen LogP contribution in [0.15, 0.2) is 170 Å². The van der Waals surface area contributed by atoms with E-state index in [9.17, 15) is 57.0 Å². The summed E-state index contributed by atoms with van der Waals surface area (Å²) in [5.74, 6) is -0.898. The van der Waals surface area contributed by atoms with Crippen LogP contribution in [0, 0.1) is 0 Å². The number of methoxy groups -OCH3 is 2. The maximum Gasteiger partial charge on any atom is 0.296 e. The number of hydrogen-bond acceptors (Lipinski definition) is 20. The van der Waals surface area contributed by atoms with Crippen LogP contribution >= 0.6 is 0 Å². The first-order valence-corrected chi connectivity index (χ1v) is 24.4. The average Bonchev–Trinajstić information content (AvgIpc) is 3.28. The molecule has 32 heteroatoms.